The molecule has 0 radical (unpaired) electrons. The highest BCUT2D eigenvalue weighted by Crippen LogP contribution is 2.13. The number of hydrogen-bond acceptors (Lipinski definition) is 4. The predicted molar refractivity (Wildman–Crippen MR) is 71.4 cm³/mol. The predicted octanol–water partition coefficient (Wildman–Crippen LogP) is 0.867. The van der Waals surface area contributed by atoms with Crippen LogP contribution in [0, 0.1) is 5.82 Å². The number of carbonyl (C=O) groups is 1. The maximum absolute atomic E-state index is 12.8. The first-order chi connectivity index (χ1) is 9.60. The lowest BCUT2D eigenvalue weighted by Crippen LogP contribution is -2.27. The fourth-order valence-corrected chi connectivity index (χ4v) is 1.75. The minimum absolute atomic E-state index is 0.229. The van der Waals surface area contributed by atoms with E-state index in [1.165, 1.54) is 16.8 Å². The molecule has 1 heterocycles. The van der Waals surface area contributed by atoms with Crippen LogP contribution in [-0.2, 0) is 6.54 Å². The molecule has 0 aliphatic rings. The molecule has 1 aromatic carbocycles. The summed E-state index contributed by atoms with van der Waals surface area (Å²) in [5.41, 5.74) is 6.44. The van der Waals surface area contributed by atoms with E-state index in [-0.39, 0.29) is 23.5 Å². The van der Waals surface area contributed by atoms with Gasteiger partial charge in [-0.1, -0.05) is 17.3 Å². The summed E-state index contributed by atoms with van der Waals surface area (Å²) in [5, 5.41) is 10.4. The number of nitrogens with zero attached hydrogens (tertiary/aromatic N) is 3. The molecule has 3 N–H and O–H groups in total. The Morgan fingerprint density at radius 2 is 2.15 bits per heavy atom. The van der Waals surface area contributed by atoms with Crippen LogP contribution in [0.15, 0.2) is 30.5 Å². The van der Waals surface area contributed by atoms with E-state index >= 15 is 0 Å². The topological polar surface area (TPSA) is 85.8 Å². The van der Waals surface area contributed by atoms with Gasteiger partial charge in [-0.05, 0) is 24.6 Å². The summed E-state index contributed by atoms with van der Waals surface area (Å²) in [4.78, 5) is 12.0. The zero-order valence-electron chi connectivity index (χ0n) is 11.1. The Bertz CT molecular complexity index is 581. The Labute approximate surface area is 115 Å². The first-order valence-corrected chi connectivity index (χ1v) is 6.26. The van der Waals surface area contributed by atoms with Crippen LogP contribution in [0.4, 0.5) is 4.39 Å². The number of benzene rings is 1. The molecule has 0 saturated heterocycles. The van der Waals surface area contributed by atoms with E-state index in [1.54, 1.807) is 18.3 Å². The lowest BCUT2D eigenvalue weighted by atomic mass is 10.1. The largest absolute Gasteiger partial charge is 0.344 e. The van der Waals surface area contributed by atoms with Crippen LogP contribution in [0.2, 0.25) is 0 Å². The molecule has 0 saturated carbocycles. The normalized spacial score (nSPS) is 12.2. The van der Waals surface area contributed by atoms with E-state index in [0.717, 1.165) is 5.56 Å². The summed E-state index contributed by atoms with van der Waals surface area (Å²) in [5.74, 6) is -0.637. The molecule has 106 valence electrons. The lowest BCUT2D eigenvalue weighted by molar-refractivity contribution is 0.0934. The molecule has 0 unspecified atom stereocenters. The number of nitrogens with two attached hydrogens (primary N) is 1. The fourth-order valence-electron chi connectivity index (χ4n) is 1.75. The van der Waals surface area contributed by atoms with Crippen molar-refractivity contribution >= 4 is 5.91 Å². The van der Waals surface area contributed by atoms with Crippen LogP contribution >= 0.6 is 0 Å². The second-order valence-electron chi connectivity index (χ2n) is 4.40. The minimum Gasteiger partial charge on any atom is -0.344 e. The number of amides is 1. The van der Waals surface area contributed by atoms with Gasteiger partial charge in [-0.25, -0.2) is 4.39 Å². The van der Waals surface area contributed by atoms with E-state index in [2.05, 4.69) is 15.6 Å². The second-order valence-corrected chi connectivity index (χ2v) is 4.40. The van der Waals surface area contributed by atoms with Crippen molar-refractivity contribution in [3.05, 3.63) is 47.5 Å². The summed E-state index contributed by atoms with van der Waals surface area (Å²) in [7, 11) is 0. The molecule has 0 spiro atoms. The first kappa shape index (κ1) is 14.1. The molecule has 6 nitrogen and oxygen atoms in total. The molecule has 2 aromatic rings. The third-order valence-corrected chi connectivity index (χ3v) is 2.85. The summed E-state index contributed by atoms with van der Waals surface area (Å²) >= 11 is 0. The molecule has 1 aromatic heterocycles. The van der Waals surface area contributed by atoms with Crippen LogP contribution in [0.25, 0.3) is 0 Å². The molecule has 0 fully saturated rings. The third kappa shape index (κ3) is 3.39. The second kappa shape index (κ2) is 6.25. The smallest absolute Gasteiger partial charge is 0.273 e. The van der Waals surface area contributed by atoms with Gasteiger partial charge in [0, 0.05) is 6.54 Å². The third-order valence-electron chi connectivity index (χ3n) is 2.85. The van der Waals surface area contributed by atoms with Gasteiger partial charge in [0.15, 0.2) is 5.69 Å². The first-order valence-electron chi connectivity index (χ1n) is 6.26. The summed E-state index contributed by atoms with van der Waals surface area (Å²) in [6, 6.07) is 5.73. The zero-order chi connectivity index (χ0) is 14.5. The lowest BCUT2D eigenvalue weighted by Gasteiger charge is -2.13. The molecule has 1 amide bonds. The van der Waals surface area contributed by atoms with Gasteiger partial charge in [0.1, 0.15) is 5.82 Å². The van der Waals surface area contributed by atoms with Crippen LogP contribution in [0.1, 0.15) is 29.0 Å². The molecule has 0 bridgehead atoms. The molecule has 0 aliphatic carbocycles. The van der Waals surface area contributed by atoms with E-state index in [1.807, 2.05) is 6.92 Å². The highest BCUT2D eigenvalue weighted by Gasteiger charge is 2.14. The molecule has 1 atom stereocenters. The number of halogens is 1. The Hall–Kier alpha value is -2.28. The van der Waals surface area contributed by atoms with Crippen molar-refractivity contribution in [1.82, 2.24) is 20.3 Å². The fraction of sp³-hybridized carbons (Fsp3) is 0.308. The Balaban J connectivity index is 2.01. The number of nitrogens with one attached hydrogen (secondary N) is 1. The highest BCUT2D eigenvalue weighted by molar-refractivity contribution is 5.92. The Kier molecular flexibility index (Phi) is 4.41. The number of aromatic nitrogens is 3. The average Bonchev–Trinajstić information content (AvgIpc) is 2.88. The van der Waals surface area contributed by atoms with Crippen molar-refractivity contribution in [2.75, 3.05) is 6.54 Å². The summed E-state index contributed by atoms with van der Waals surface area (Å²) in [6.07, 6.45) is 1.54. The van der Waals surface area contributed by atoms with Crippen molar-refractivity contribution in [3.63, 3.8) is 0 Å². The van der Waals surface area contributed by atoms with Crippen molar-refractivity contribution in [1.29, 1.82) is 0 Å². The van der Waals surface area contributed by atoms with Crippen molar-refractivity contribution in [2.24, 2.45) is 5.73 Å². The van der Waals surface area contributed by atoms with Crippen molar-refractivity contribution < 1.29 is 9.18 Å². The monoisotopic (exact) mass is 277 g/mol. The van der Waals surface area contributed by atoms with E-state index in [0.29, 0.717) is 13.1 Å². The van der Waals surface area contributed by atoms with E-state index in [4.69, 9.17) is 5.73 Å². The van der Waals surface area contributed by atoms with Gasteiger partial charge < -0.3 is 11.1 Å². The quantitative estimate of drug-likeness (QED) is 0.849. The van der Waals surface area contributed by atoms with Crippen molar-refractivity contribution in [2.45, 2.75) is 19.5 Å². The van der Waals surface area contributed by atoms with Gasteiger partial charge in [0.25, 0.3) is 5.91 Å². The van der Waals surface area contributed by atoms with E-state index in [9.17, 15) is 9.18 Å². The van der Waals surface area contributed by atoms with Crippen LogP contribution in [0.3, 0.4) is 0 Å². The molecular weight excluding hydrogens is 261 g/mol. The molecule has 2 rings (SSSR count). The van der Waals surface area contributed by atoms with Gasteiger partial charge >= 0.3 is 0 Å². The Morgan fingerprint density at radius 3 is 2.80 bits per heavy atom. The van der Waals surface area contributed by atoms with E-state index < -0.39 is 0 Å². The SMILES string of the molecule is C[C@H](NC(=O)c1cn(CCN)nn1)c1ccc(F)cc1. The minimum atomic E-state index is -0.329. The Morgan fingerprint density at radius 1 is 1.45 bits per heavy atom. The number of rotatable bonds is 5. The van der Waals surface area contributed by atoms with Gasteiger partial charge in [0.2, 0.25) is 0 Å². The zero-order valence-corrected chi connectivity index (χ0v) is 11.1. The van der Waals surface area contributed by atoms with Gasteiger partial charge in [-0.2, -0.15) is 0 Å². The average molecular weight is 277 g/mol. The highest BCUT2D eigenvalue weighted by atomic mass is 19.1. The van der Waals surface area contributed by atoms with Gasteiger partial charge in [0.05, 0.1) is 18.8 Å². The maximum atomic E-state index is 12.8. The summed E-state index contributed by atoms with van der Waals surface area (Å²) < 4.78 is 14.3. The molecular formula is C13H16FN5O. The molecule has 7 heteroatoms. The van der Waals surface area contributed by atoms with Crippen LogP contribution < -0.4 is 11.1 Å². The van der Waals surface area contributed by atoms with Gasteiger partial charge in [-0.3, -0.25) is 9.48 Å². The van der Waals surface area contributed by atoms with Crippen molar-refractivity contribution in [3.8, 4) is 0 Å². The maximum Gasteiger partial charge on any atom is 0.273 e. The van der Waals surface area contributed by atoms with Crippen LogP contribution in [0.5, 0.6) is 0 Å². The molecule has 20 heavy (non-hydrogen) atoms. The summed E-state index contributed by atoms with van der Waals surface area (Å²) in [6.45, 7) is 2.75. The standard InChI is InChI=1S/C13H16FN5O/c1-9(10-2-4-11(14)5-3-10)16-13(20)12-8-19(7-6-15)18-17-12/h2-5,8-9H,6-7,15H2,1H3,(H,16,20)/t9-/m0/s1. The van der Waals surface area contributed by atoms with Crippen LogP contribution in [-0.4, -0.2) is 27.4 Å². The number of carbonyl (C=O) groups excluding carboxylic acids is 1. The molecule has 0 aliphatic heterocycles. The van der Waals surface area contributed by atoms with Gasteiger partial charge in [-0.15, -0.1) is 5.10 Å². The number of hydrogen-bond donors (Lipinski definition) is 2.